The predicted molar refractivity (Wildman–Crippen MR) is 169 cm³/mol. The van der Waals surface area contributed by atoms with Gasteiger partial charge in [-0.05, 0) is 105 Å². The number of hydrogen-bond acceptors (Lipinski definition) is 2. The Hall–Kier alpha value is -5.66. The van der Waals surface area contributed by atoms with Crippen LogP contribution in [0.25, 0.3) is 33.2 Å². The van der Waals surface area contributed by atoms with Gasteiger partial charge >= 0.3 is 5.97 Å². The zero-order valence-corrected chi connectivity index (χ0v) is 22.8. The van der Waals surface area contributed by atoms with Gasteiger partial charge < -0.3 is 10.0 Å². The summed E-state index contributed by atoms with van der Waals surface area (Å²) in [6.07, 6.45) is 6.58. The van der Waals surface area contributed by atoms with E-state index in [9.17, 15) is 4.79 Å². The summed E-state index contributed by atoms with van der Waals surface area (Å²) in [5.74, 6) is -1.23. The van der Waals surface area contributed by atoms with Gasteiger partial charge in [-0.1, -0.05) is 84.9 Å². The Morgan fingerprint density at radius 1 is 0.667 bits per heavy atom. The quantitative estimate of drug-likeness (QED) is 0.129. The molecule has 200 valence electrons. The standard InChI is InChI=1S/C38H26N2O2/c1-39-37(38(41)42)12-6-7-25-13-15-30(16-14-25)40(31-17-19-35-28(23-31)21-26-8-2-4-10-33(26)35)32-18-20-36-29(24-32)22-27-9-3-5-11-34(27)36/h2-20,23-24H,21-22H2,(H,41,42). The van der Waals surface area contributed by atoms with E-state index in [0.717, 1.165) is 35.5 Å². The molecule has 0 amide bonds. The minimum absolute atomic E-state index is 0.313. The van der Waals surface area contributed by atoms with E-state index in [0.29, 0.717) is 0 Å². The Bertz CT molecular complexity index is 1880. The van der Waals surface area contributed by atoms with Gasteiger partial charge in [0, 0.05) is 17.1 Å². The molecule has 0 fully saturated rings. The fourth-order valence-electron chi connectivity index (χ4n) is 6.13. The number of nitrogens with zero attached hydrogens (tertiary/aromatic N) is 2. The maximum Gasteiger partial charge on any atom is 0.333 e. The molecule has 4 heteroatoms. The summed E-state index contributed by atoms with van der Waals surface area (Å²) in [7, 11) is 0. The van der Waals surface area contributed by atoms with Crippen molar-refractivity contribution in [3.8, 4) is 22.3 Å². The first kappa shape index (κ1) is 25.3. The topological polar surface area (TPSA) is 44.9 Å². The molecule has 0 aromatic heterocycles. The minimum Gasteiger partial charge on any atom is -0.486 e. The van der Waals surface area contributed by atoms with Gasteiger partial charge in [-0.25, -0.2) is 4.85 Å². The average Bonchev–Trinajstić information content (AvgIpc) is 3.57. The lowest BCUT2D eigenvalue weighted by atomic mass is 10.0. The molecule has 0 saturated carbocycles. The Labute approximate surface area is 245 Å². The van der Waals surface area contributed by atoms with Crippen LogP contribution in [-0.4, -0.2) is 11.1 Å². The lowest BCUT2D eigenvalue weighted by molar-refractivity contribution is -0.132. The number of allylic oxidation sites excluding steroid dienone is 2. The van der Waals surface area contributed by atoms with Crippen molar-refractivity contribution in [3.63, 3.8) is 0 Å². The number of carbonyl (C=O) groups is 1. The Morgan fingerprint density at radius 3 is 1.69 bits per heavy atom. The van der Waals surface area contributed by atoms with Gasteiger partial charge in [-0.15, -0.1) is 0 Å². The van der Waals surface area contributed by atoms with Gasteiger partial charge in [-0.2, -0.15) is 0 Å². The highest BCUT2D eigenvalue weighted by Gasteiger charge is 2.23. The molecule has 0 bridgehead atoms. The molecule has 2 aliphatic carbocycles. The van der Waals surface area contributed by atoms with Crippen LogP contribution in [0.5, 0.6) is 0 Å². The van der Waals surface area contributed by atoms with Crippen molar-refractivity contribution >= 4 is 29.1 Å². The summed E-state index contributed by atoms with van der Waals surface area (Å²) in [5.41, 5.74) is 14.4. The molecule has 0 unspecified atom stereocenters. The summed E-state index contributed by atoms with van der Waals surface area (Å²) in [5, 5.41) is 9.08. The number of rotatable bonds is 6. The van der Waals surface area contributed by atoms with Crippen LogP contribution in [0.1, 0.15) is 27.8 Å². The highest BCUT2D eigenvalue weighted by molar-refractivity contribution is 5.89. The summed E-state index contributed by atoms with van der Waals surface area (Å²) < 4.78 is 0. The van der Waals surface area contributed by atoms with Crippen LogP contribution in [0.4, 0.5) is 17.1 Å². The molecule has 5 aromatic carbocycles. The van der Waals surface area contributed by atoms with Gasteiger partial charge in [-0.3, -0.25) is 4.79 Å². The lowest BCUT2D eigenvalue weighted by Crippen LogP contribution is -2.10. The molecule has 0 radical (unpaired) electrons. The fourth-order valence-corrected chi connectivity index (χ4v) is 6.13. The van der Waals surface area contributed by atoms with Crippen molar-refractivity contribution < 1.29 is 9.90 Å². The number of benzene rings is 5. The smallest absolute Gasteiger partial charge is 0.333 e. The molecular weight excluding hydrogens is 516 g/mol. The molecule has 7 rings (SSSR count). The number of anilines is 3. The van der Waals surface area contributed by atoms with E-state index in [1.54, 1.807) is 6.08 Å². The second kappa shape index (κ2) is 10.4. The number of carboxylic acid groups (broad SMARTS) is 1. The van der Waals surface area contributed by atoms with E-state index >= 15 is 0 Å². The largest absolute Gasteiger partial charge is 0.486 e. The zero-order valence-electron chi connectivity index (χ0n) is 22.8. The first-order chi connectivity index (χ1) is 20.6. The van der Waals surface area contributed by atoms with Crippen LogP contribution in [0.15, 0.2) is 127 Å². The van der Waals surface area contributed by atoms with Crippen molar-refractivity contribution in [1.82, 2.24) is 0 Å². The maximum atomic E-state index is 11.1. The average molecular weight is 543 g/mol. The highest BCUT2D eigenvalue weighted by atomic mass is 16.4. The third-order valence-corrected chi connectivity index (χ3v) is 8.10. The minimum atomic E-state index is -1.23. The molecule has 0 saturated heterocycles. The Morgan fingerprint density at radius 2 is 1.17 bits per heavy atom. The van der Waals surface area contributed by atoms with Crippen LogP contribution in [0.2, 0.25) is 0 Å². The van der Waals surface area contributed by atoms with E-state index in [4.69, 9.17) is 11.7 Å². The number of fused-ring (bicyclic) bond motifs is 6. The molecule has 0 aliphatic heterocycles. The monoisotopic (exact) mass is 542 g/mol. The SMILES string of the molecule is [C-]#[N+]C(=CC=Cc1ccc(N(c2ccc3c(c2)Cc2ccccc2-3)c2ccc3c(c2)Cc2ccccc2-3)cc1)C(=O)O. The normalized spacial score (nSPS) is 12.8. The van der Waals surface area contributed by atoms with E-state index < -0.39 is 5.97 Å². The third-order valence-electron chi connectivity index (χ3n) is 8.10. The van der Waals surface area contributed by atoms with Crippen LogP contribution in [0.3, 0.4) is 0 Å². The van der Waals surface area contributed by atoms with Gasteiger partial charge in [0.15, 0.2) is 0 Å². The second-order valence-electron chi connectivity index (χ2n) is 10.6. The predicted octanol–water partition coefficient (Wildman–Crippen LogP) is 9.20. The van der Waals surface area contributed by atoms with E-state index in [2.05, 4.69) is 107 Å². The number of carboxylic acids is 1. The summed E-state index contributed by atoms with van der Waals surface area (Å²) in [6, 6.07) is 39.0. The summed E-state index contributed by atoms with van der Waals surface area (Å²) in [4.78, 5) is 16.5. The number of hydrogen-bond donors (Lipinski definition) is 1. The third kappa shape index (κ3) is 4.48. The van der Waals surface area contributed by atoms with Crippen molar-refractivity contribution in [2.45, 2.75) is 12.8 Å². The second-order valence-corrected chi connectivity index (χ2v) is 10.6. The van der Waals surface area contributed by atoms with Crippen LogP contribution < -0.4 is 4.90 Å². The molecule has 5 aromatic rings. The van der Waals surface area contributed by atoms with Crippen molar-refractivity contribution in [2.75, 3.05) is 4.90 Å². The van der Waals surface area contributed by atoms with E-state index in [-0.39, 0.29) is 5.70 Å². The summed E-state index contributed by atoms with van der Waals surface area (Å²) in [6.45, 7) is 7.02. The molecule has 4 nitrogen and oxygen atoms in total. The van der Waals surface area contributed by atoms with Gasteiger partial charge in [0.2, 0.25) is 0 Å². The molecular formula is C38H26N2O2. The van der Waals surface area contributed by atoms with E-state index in [1.165, 1.54) is 50.6 Å². The van der Waals surface area contributed by atoms with Crippen LogP contribution >= 0.6 is 0 Å². The Kier molecular flexibility index (Phi) is 6.26. The summed E-state index contributed by atoms with van der Waals surface area (Å²) >= 11 is 0. The van der Waals surface area contributed by atoms with Gasteiger partial charge in [0.05, 0.1) is 6.57 Å². The molecule has 2 aliphatic rings. The van der Waals surface area contributed by atoms with Crippen LogP contribution in [-0.2, 0) is 17.6 Å². The number of aliphatic carboxylic acids is 1. The molecule has 0 atom stereocenters. The first-order valence-corrected chi connectivity index (χ1v) is 13.9. The zero-order chi connectivity index (χ0) is 28.6. The van der Waals surface area contributed by atoms with E-state index in [1.807, 2.05) is 18.2 Å². The van der Waals surface area contributed by atoms with Crippen LogP contribution in [0, 0.1) is 6.57 Å². The first-order valence-electron chi connectivity index (χ1n) is 13.9. The molecule has 0 spiro atoms. The van der Waals surface area contributed by atoms with Gasteiger partial charge in [0.1, 0.15) is 0 Å². The Balaban J connectivity index is 1.28. The lowest BCUT2D eigenvalue weighted by Gasteiger charge is -2.27. The fraction of sp³-hybridized carbons (Fsp3) is 0.0526. The highest BCUT2D eigenvalue weighted by Crippen LogP contribution is 2.44. The molecule has 1 N–H and O–H groups in total. The van der Waals surface area contributed by atoms with Crippen molar-refractivity contribution in [2.24, 2.45) is 0 Å². The molecule has 0 heterocycles. The van der Waals surface area contributed by atoms with Crippen molar-refractivity contribution in [3.05, 3.63) is 166 Å². The molecule has 42 heavy (non-hydrogen) atoms. The van der Waals surface area contributed by atoms with Gasteiger partial charge in [0.25, 0.3) is 5.70 Å². The maximum absolute atomic E-state index is 11.1. The van der Waals surface area contributed by atoms with Crippen molar-refractivity contribution in [1.29, 1.82) is 0 Å².